The van der Waals surface area contributed by atoms with Crippen LogP contribution in [-0.4, -0.2) is 30.9 Å². The largest absolute Gasteiger partial charge is 0.497 e. The molecule has 0 heterocycles. The molecular formula is C15H23NO2. The summed E-state index contributed by atoms with van der Waals surface area (Å²) in [7, 11) is 1.68. The number of hydrogen-bond acceptors (Lipinski definition) is 3. The SMILES string of the molecule is COc1ccc(CCN[C@@H]2CCCC[C@H]2O)cc1. The van der Waals surface area contributed by atoms with E-state index in [-0.39, 0.29) is 12.1 Å². The zero-order valence-corrected chi connectivity index (χ0v) is 11.1. The molecule has 0 unspecified atom stereocenters. The van der Waals surface area contributed by atoms with Crippen molar-refractivity contribution in [3.05, 3.63) is 29.8 Å². The van der Waals surface area contributed by atoms with Gasteiger partial charge in [-0.05, 0) is 43.5 Å². The average Bonchev–Trinajstić information content (AvgIpc) is 2.42. The molecular weight excluding hydrogens is 226 g/mol. The van der Waals surface area contributed by atoms with Crippen molar-refractivity contribution in [1.82, 2.24) is 5.32 Å². The Morgan fingerprint density at radius 2 is 1.94 bits per heavy atom. The molecule has 0 saturated heterocycles. The predicted octanol–water partition coefficient (Wildman–Crippen LogP) is 2.13. The molecule has 0 aromatic heterocycles. The summed E-state index contributed by atoms with van der Waals surface area (Å²) in [6.45, 7) is 0.925. The third kappa shape index (κ3) is 3.72. The molecule has 1 aliphatic rings. The van der Waals surface area contributed by atoms with Gasteiger partial charge in [0, 0.05) is 6.04 Å². The van der Waals surface area contributed by atoms with Gasteiger partial charge in [0.2, 0.25) is 0 Å². The number of ether oxygens (including phenoxy) is 1. The van der Waals surface area contributed by atoms with E-state index in [0.717, 1.165) is 38.0 Å². The third-order valence-electron chi connectivity index (χ3n) is 3.71. The fraction of sp³-hybridized carbons (Fsp3) is 0.600. The van der Waals surface area contributed by atoms with Crippen molar-refractivity contribution in [1.29, 1.82) is 0 Å². The maximum absolute atomic E-state index is 9.86. The van der Waals surface area contributed by atoms with Gasteiger partial charge in [-0.1, -0.05) is 25.0 Å². The Labute approximate surface area is 109 Å². The van der Waals surface area contributed by atoms with Crippen molar-refractivity contribution < 1.29 is 9.84 Å². The lowest BCUT2D eigenvalue weighted by atomic mass is 9.92. The highest BCUT2D eigenvalue weighted by molar-refractivity contribution is 5.27. The van der Waals surface area contributed by atoms with E-state index >= 15 is 0 Å². The molecule has 2 atom stereocenters. The van der Waals surface area contributed by atoms with Crippen LogP contribution in [0, 0.1) is 0 Å². The quantitative estimate of drug-likeness (QED) is 0.840. The Hall–Kier alpha value is -1.06. The minimum atomic E-state index is -0.158. The van der Waals surface area contributed by atoms with Crippen LogP contribution < -0.4 is 10.1 Å². The molecule has 0 spiro atoms. The Balaban J connectivity index is 1.73. The monoisotopic (exact) mass is 249 g/mol. The first-order valence-corrected chi connectivity index (χ1v) is 6.84. The van der Waals surface area contributed by atoms with Crippen LogP contribution in [0.3, 0.4) is 0 Å². The number of hydrogen-bond donors (Lipinski definition) is 2. The van der Waals surface area contributed by atoms with Crippen LogP contribution in [0.2, 0.25) is 0 Å². The Morgan fingerprint density at radius 1 is 1.22 bits per heavy atom. The van der Waals surface area contributed by atoms with Gasteiger partial charge in [-0.2, -0.15) is 0 Å². The molecule has 100 valence electrons. The van der Waals surface area contributed by atoms with Crippen LogP contribution in [0.1, 0.15) is 31.2 Å². The van der Waals surface area contributed by atoms with Gasteiger partial charge < -0.3 is 15.2 Å². The summed E-state index contributed by atoms with van der Waals surface area (Å²) in [5.74, 6) is 0.898. The molecule has 1 fully saturated rings. The lowest BCUT2D eigenvalue weighted by Gasteiger charge is -2.28. The highest BCUT2D eigenvalue weighted by atomic mass is 16.5. The van der Waals surface area contributed by atoms with Gasteiger partial charge in [-0.15, -0.1) is 0 Å². The fourth-order valence-electron chi connectivity index (χ4n) is 2.54. The standard InChI is InChI=1S/C15H23NO2/c1-18-13-8-6-12(7-9-13)10-11-16-14-4-2-3-5-15(14)17/h6-9,14-17H,2-5,10-11H2,1H3/t14-,15-/m1/s1. The minimum absolute atomic E-state index is 0.158. The number of nitrogens with one attached hydrogen (secondary N) is 1. The summed E-state index contributed by atoms with van der Waals surface area (Å²) in [6, 6.07) is 8.46. The normalized spacial score (nSPS) is 23.9. The van der Waals surface area contributed by atoms with Gasteiger partial charge in [-0.3, -0.25) is 0 Å². The summed E-state index contributed by atoms with van der Waals surface area (Å²) in [5, 5.41) is 13.3. The summed E-state index contributed by atoms with van der Waals surface area (Å²) in [6.07, 6.45) is 5.28. The first-order chi connectivity index (χ1) is 8.79. The van der Waals surface area contributed by atoms with E-state index in [4.69, 9.17) is 4.74 Å². The highest BCUT2D eigenvalue weighted by Crippen LogP contribution is 2.18. The summed E-state index contributed by atoms with van der Waals surface area (Å²) in [4.78, 5) is 0. The van der Waals surface area contributed by atoms with E-state index in [9.17, 15) is 5.11 Å². The highest BCUT2D eigenvalue weighted by Gasteiger charge is 2.21. The van der Waals surface area contributed by atoms with Crippen molar-refractivity contribution in [3.8, 4) is 5.75 Å². The van der Waals surface area contributed by atoms with Crippen LogP contribution in [-0.2, 0) is 6.42 Å². The van der Waals surface area contributed by atoms with Crippen LogP contribution in [0.25, 0.3) is 0 Å². The molecule has 1 aromatic rings. The zero-order valence-electron chi connectivity index (χ0n) is 11.1. The third-order valence-corrected chi connectivity index (χ3v) is 3.71. The van der Waals surface area contributed by atoms with E-state index in [0.29, 0.717) is 0 Å². The van der Waals surface area contributed by atoms with Crippen molar-refractivity contribution in [2.45, 2.75) is 44.2 Å². The molecule has 0 radical (unpaired) electrons. The van der Waals surface area contributed by atoms with Crippen LogP contribution in [0.4, 0.5) is 0 Å². The number of benzene rings is 1. The molecule has 1 aromatic carbocycles. The first kappa shape index (κ1) is 13.4. The molecule has 3 nitrogen and oxygen atoms in total. The zero-order chi connectivity index (χ0) is 12.8. The molecule has 0 amide bonds. The molecule has 3 heteroatoms. The molecule has 1 aliphatic carbocycles. The Kier molecular flexibility index (Phi) is 5.02. The van der Waals surface area contributed by atoms with E-state index in [1.165, 1.54) is 12.0 Å². The van der Waals surface area contributed by atoms with E-state index < -0.39 is 0 Å². The second-order valence-electron chi connectivity index (χ2n) is 5.01. The van der Waals surface area contributed by atoms with Gasteiger partial charge >= 0.3 is 0 Å². The fourth-order valence-corrected chi connectivity index (χ4v) is 2.54. The minimum Gasteiger partial charge on any atom is -0.497 e. The number of aliphatic hydroxyl groups is 1. The molecule has 2 N–H and O–H groups in total. The number of rotatable bonds is 5. The van der Waals surface area contributed by atoms with Gasteiger partial charge in [0.1, 0.15) is 5.75 Å². The van der Waals surface area contributed by atoms with Crippen molar-refractivity contribution in [2.75, 3.05) is 13.7 Å². The van der Waals surface area contributed by atoms with E-state index in [1.54, 1.807) is 7.11 Å². The second kappa shape index (κ2) is 6.76. The van der Waals surface area contributed by atoms with Gasteiger partial charge in [0.15, 0.2) is 0 Å². The van der Waals surface area contributed by atoms with Crippen molar-refractivity contribution in [2.24, 2.45) is 0 Å². The maximum atomic E-state index is 9.86. The summed E-state index contributed by atoms with van der Waals surface area (Å²) in [5.41, 5.74) is 1.30. The smallest absolute Gasteiger partial charge is 0.118 e. The van der Waals surface area contributed by atoms with Crippen molar-refractivity contribution >= 4 is 0 Å². The van der Waals surface area contributed by atoms with Crippen molar-refractivity contribution in [3.63, 3.8) is 0 Å². The molecule has 1 saturated carbocycles. The lowest BCUT2D eigenvalue weighted by molar-refractivity contribution is 0.0914. The average molecular weight is 249 g/mol. The molecule has 18 heavy (non-hydrogen) atoms. The topological polar surface area (TPSA) is 41.5 Å². The number of aliphatic hydroxyl groups excluding tert-OH is 1. The molecule has 2 rings (SSSR count). The molecule has 0 bridgehead atoms. The second-order valence-corrected chi connectivity index (χ2v) is 5.01. The summed E-state index contributed by atoms with van der Waals surface area (Å²) >= 11 is 0. The van der Waals surface area contributed by atoms with Gasteiger partial charge in [0.05, 0.1) is 13.2 Å². The van der Waals surface area contributed by atoms with Crippen LogP contribution >= 0.6 is 0 Å². The Morgan fingerprint density at radius 3 is 2.61 bits per heavy atom. The number of methoxy groups -OCH3 is 1. The maximum Gasteiger partial charge on any atom is 0.118 e. The Bertz CT molecular complexity index is 350. The van der Waals surface area contributed by atoms with Crippen LogP contribution in [0.5, 0.6) is 5.75 Å². The van der Waals surface area contributed by atoms with Gasteiger partial charge in [0.25, 0.3) is 0 Å². The first-order valence-electron chi connectivity index (χ1n) is 6.84. The predicted molar refractivity (Wildman–Crippen MR) is 73.0 cm³/mol. The van der Waals surface area contributed by atoms with Gasteiger partial charge in [-0.25, -0.2) is 0 Å². The van der Waals surface area contributed by atoms with Crippen LogP contribution in [0.15, 0.2) is 24.3 Å². The van der Waals surface area contributed by atoms with E-state index in [2.05, 4.69) is 17.4 Å². The molecule has 0 aliphatic heterocycles. The lowest BCUT2D eigenvalue weighted by Crippen LogP contribution is -2.42. The van der Waals surface area contributed by atoms with E-state index in [1.807, 2.05) is 12.1 Å². The summed E-state index contributed by atoms with van der Waals surface area (Å²) < 4.78 is 5.13.